The zero-order valence-electron chi connectivity index (χ0n) is 11.6. The van der Waals surface area contributed by atoms with Gasteiger partial charge >= 0.3 is 0 Å². The molecular weight excluding hydrogens is 254 g/mol. The molecule has 5 heteroatoms. The molecule has 1 aromatic carbocycles. The van der Waals surface area contributed by atoms with Crippen LogP contribution in [0.15, 0.2) is 24.5 Å². The molecule has 5 nitrogen and oxygen atoms in total. The van der Waals surface area contributed by atoms with Crippen molar-refractivity contribution in [3.05, 3.63) is 41.5 Å². The Bertz CT molecular complexity index is 638. The smallest absolute Gasteiger partial charge is 0.164 e. The number of nitrogens with zero attached hydrogens (tertiary/aromatic N) is 3. The lowest BCUT2D eigenvalue weighted by molar-refractivity contribution is 0.289. The van der Waals surface area contributed by atoms with E-state index in [0.29, 0.717) is 18.8 Å². The van der Waals surface area contributed by atoms with Gasteiger partial charge in [-0.15, -0.1) is 0 Å². The van der Waals surface area contributed by atoms with Gasteiger partial charge in [0, 0.05) is 13.5 Å². The number of hydrogen-bond acceptors (Lipinski definition) is 4. The minimum absolute atomic E-state index is 0.0634. The van der Waals surface area contributed by atoms with Crippen LogP contribution in [0.5, 0.6) is 5.75 Å². The highest BCUT2D eigenvalue weighted by Gasteiger charge is 2.05. The first-order valence-electron chi connectivity index (χ1n) is 6.36. The summed E-state index contributed by atoms with van der Waals surface area (Å²) in [4.78, 5) is 4.11. The van der Waals surface area contributed by atoms with Gasteiger partial charge in [0.2, 0.25) is 0 Å². The monoisotopic (exact) mass is 271 g/mol. The average molecular weight is 271 g/mol. The van der Waals surface area contributed by atoms with E-state index in [0.717, 1.165) is 17.0 Å². The van der Waals surface area contributed by atoms with Crippen LogP contribution in [0.2, 0.25) is 0 Å². The maximum absolute atomic E-state index is 8.78. The third-order valence-corrected chi connectivity index (χ3v) is 2.76. The lowest BCUT2D eigenvalue weighted by atomic mass is 10.1. The molecule has 0 aliphatic heterocycles. The maximum atomic E-state index is 8.78. The van der Waals surface area contributed by atoms with E-state index in [1.165, 1.54) is 6.33 Å². The fourth-order valence-electron chi connectivity index (χ4n) is 1.67. The van der Waals surface area contributed by atoms with Crippen molar-refractivity contribution in [2.24, 2.45) is 7.05 Å². The summed E-state index contributed by atoms with van der Waals surface area (Å²) in [6, 6.07) is 5.84. The fourth-order valence-corrected chi connectivity index (χ4v) is 1.67. The molecule has 0 fully saturated rings. The summed E-state index contributed by atoms with van der Waals surface area (Å²) < 4.78 is 7.43. The molecule has 0 aliphatic carbocycles. The van der Waals surface area contributed by atoms with Crippen molar-refractivity contribution in [3.8, 4) is 17.6 Å². The van der Waals surface area contributed by atoms with Crippen molar-refractivity contribution in [2.75, 3.05) is 6.61 Å². The average Bonchev–Trinajstić information content (AvgIpc) is 2.84. The topological polar surface area (TPSA) is 60.2 Å². The van der Waals surface area contributed by atoms with Gasteiger partial charge in [0.1, 0.15) is 18.7 Å². The molecule has 0 saturated carbocycles. The van der Waals surface area contributed by atoms with Crippen LogP contribution in [0.1, 0.15) is 23.4 Å². The van der Waals surface area contributed by atoms with Crippen molar-refractivity contribution >= 4 is 0 Å². The Balaban J connectivity index is 2.15. The van der Waals surface area contributed by atoms with E-state index in [-0.39, 0.29) is 6.61 Å². The fraction of sp³-hybridized carbons (Fsp3) is 0.333. The normalized spacial score (nSPS) is 9.95. The lowest BCUT2D eigenvalue weighted by Crippen LogP contribution is -2.05. The van der Waals surface area contributed by atoms with Crippen molar-refractivity contribution in [1.82, 2.24) is 14.8 Å². The van der Waals surface area contributed by atoms with Gasteiger partial charge in [0.05, 0.1) is 12.2 Å². The van der Waals surface area contributed by atoms with Crippen LogP contribution in [-0.2, 0) is 13.7 Å². The van der Waals surface area contributed by atoms with E-state index < -0.39 is 0 Å². The number of hydrogen-bond donors (Lipinski definition) is 1. The van der Waals surface area contributed by atoms with E-state index in [4.69, 9.17) is 9.84 Å². The Morgan fingerprint density at radius 3 is 2.95 bits per heavy atom. The van der Waals surface area contributed by atoms with Crippen LogP contribution in [0, 0.1) is 18.8 Å². The largest absolute Gasteiger partial charge is 0.484 e. The number of aryl methyl sites for hydroxylation is 2. The molecule has 0 aliphatic rings. The molecule has 20 heavy (non-hydrogen) atoms. The summed E-state index contributed by atoms with van der Waals surface area (Å²) in [7, 11) is 1.82. The highest BCUT2D eigenvalue weighted by Crippen LogP contribution is 2.20. The van der Waals surface area contributed by atoms with Gasteiger partial charge in [-0.05, 0) is 24.6 Å². The van der Waals surface area contributed by atoms with E-state index in [1.807, 2.05) is 32.2 Å². The van der Waals surface area contributed by atoms with Crippen molar-refractivity contribution in [2.45, 2.75) is 20.0 Å². The van der Waals surface area contributed by atoms with Crippen LogP contribution in [-0.4, -0.2) is 26.5 Å². The molecule has 1 N–H and O–H groups in total. The molecule has 0 radical (unpaired) electrons. The highest BCUT2D eigenvalue weighted by molar-refractivity contribution is 5.48. The van der Waals surface area contributed by atoms with E-state index in [9.17, 15) is 0 Å². The summed E-state index contributed by atoms with van der Waals surface area (Å²) in [5.41, 5.74) is 1.94. The number of rotatable bonds is 4. The van der Waals surface area contributed by atoms with Gasteiger partial charge in [-0.1, -0.05) is 17.9 Å². The molecule has 0 atom stereocenters. The Morgan fingerprint density at radius 1 is 1.40 bits per heavy atom. The first-order valence-corrected chi connectivity index (χ1v) is 6.36. The molecule has 2 rings (SSSR count). The predicted molar refractivity (Wildman–Crippen MR) is 75.1 cm³/mol. The molecule has 104 valence electrons. The predicted octanol–water partition coefficient (Wildman–Crippen LogP) is 1.44. The van der Waals surface area contributed by atoms with Gasteiger partial charge in [0.25, 0.3) is 0 Å². The molecule has 1 aromatic heterocycles. The van der Waals surface area contributed by atoms with Crippen molar-refractivity contribution < 1.29 is 9.84 Å². The Kier molecular flexibility index (Phi) is 4.75. The molecule has 0 saturated heterocycles. The molecular formula is C15H17N3O2. The number of ether oxygens (including phenoxy) is 1. The third kappa shape index (κ3) is 3.59. The Labute approximate surface area is 118 Å². The Morgan fingerprint density at radius 2 is 2.25 bits per heavy atom. The summed E-state index contributed by atoms with van der Waals surface area (Å²) in [6.07, 6.45) is 1.95. The molecule has 0 unspecified atom stereocenters. The van der Waals surface area contributed by atoms with Gasteiger partial charge < -0.3 is 9.84 Å². The molecule has 0 amide bonds. The third-order valence-electron chi connectivity index (χ3n) is 2.76. The molecule has 1 heterocycles. The van der Waals surface area contributed by atoms with Crippen LogP contribution < -0.4 is 4.74 Å². The summed E-state index contributed by atoms with van der Waals surface area (Å²) >= 11 is 0. The second kappa shape index (κ2) is 6.73. The zero-order chi connectivity index (χ0) is 14.4. The van der Waals surface area contributed by atoms with Gasteiger partial charge in [-0.3, -0.25) is 4.68 Å². The standard InChI is InChI=1S/C15H17N3O2/c1-12-6-7-14(13(9-12)5-3-4-8-19)20-10-15-16-11-17-18(15)2/h6-7,9,11,19H,4,8,10H2,1-2H3. The van der Waals surface area contributed by atoms with Gasteiger partial charge in [-0.25, -0.2) is 4.98 Å². The molecule has 0 spiro atoms. The lowest BCUT2D eigenvalue weighted by Gasteiger charge is -2.08. The van der Waals surface area contributed by atoms with Crippen LogP contribution in [0.25, 0.3) is 0 Å². The van der Waals surface area contributed by atoms with E-state index in [1.54, 1.807) is 4.68 Å². The second-order valence-corrected chi connectivity index (χ2v) is 4.36. The molecule has 0 bridgehead atoms. The van der Waals surface area contributed by atoms with Crippen LogP contribution >= 0.6 is 0 Å². The minimum atomic E-state index is 0.0634. The Hall–Kier alpha value is -2.32. The van der Waals surface area contributed by atoms with E-state index >= 15 is 0 Å². The minimum Gasteiger partial charge on any atom is -0.484 e. The first-order chi connectivity index (χ1) is 9.70. The number of aliphatic hydroxyl groups is 1. The van der Waals surface area contributed by atoms with Gasteiger partial charge in [0.15, 0.2) is 5.82 Å². The SMILES string of the molecule is Cc1ccc(OCc2ncnn2C)c(C#CCCO)c1. The summed E-state index contributed by atoms with van der Waals surface area (Å²) in [6.45, 7) is 2.41. The number of aromatic nitrogens is 3. The van der Waals surface area contributed by atoms with Crippen LogP contribution in [0.4, 0.5) is 0 Å². The quantitative estimate of drug-likeness (QED) is 0.855. The maximum Gasteiger partial charge on any atom is 0.164 e. The van der Waals surface area contributed by atoms with Crippen LogP contribution in [0.3, 0.4) is 0 Å². The first kappa shape index (κ1) is 14.1. The molecule has 2 aromatic rings. The summed E-state index contributed by atoms with van der Waals surface area (Å²) in [5.74, 6) is 7.39. The second-order valence-electron chi connectivity index (χ2n) is 4.36. The highest BCUT2D eigenvalue weighted by atomic mass is 16.5. The van der Waals surface area contributed by atoms with Crippen molar-refractivity contribution in [1.29, 1.82) is 0 Å². The van der Waals surface area contributed by atoms with E-state index in [2.05, 4.69) is 21.9 Å². The number of aliphatic hydroxyl groups excluding tert-OH is 1. The van der Waals surface area contributed by atoms with Gasteiger partial charge in [-0.2, -0.15) is 5.10 Å². The zero-order valence-corrected chi connectivity index (χ0v) is 11.6. The summed E-state index contributed by atoms with van der Waals surface area (Å²) in [5, 5.41) is 12.8. The van der Waals surface area contributed by atoms with Crippen molar-refractivity contribution in [3.63, 3.8) is 0 Å². The number of benzene rings is 1.